The molecule has 1 unspecified atom stereocenters. The van der Waals surface area contributed by atoms with E-state index in [1.807, 2.05) is 44.2 Å². The standard InChI is InChI=1S/C23H28N4O3S/c1-4-18-9-11-19(12-10-18)31(29,30)27-15-13-26(14-16-27)17(2)22-24-21-8-6-5-7-20(21)23(28)25(22)3/h5-12,17H,4,13-16H2,1-3H3. The third kappa shape index (κ3) is 4.03. The molecular weight excluding hydrogens is 412 g/mol. The lowest BCUT2D eigenvalue weighted by Crippen LogP contribution is -2.49. The first-order valence-electron chi connectivity index (χ1n) is 10.6. The van der Waals surface area contributed by atoms with Crippen LogP contribution in [0.5, 0.6) is 0 Å². The Balaban J connectivity index is 1.51. The van der Waals surface area contributed by atoms with Gasteiger partial charge < -0.3 is 0 Å². The minimum Gasteiger partial charge on any atom is -0.298 e. The summed E-state index contributed by atoms with van der Waals surface area (Å²) in [5.74, 6) is 0.690. The molecule has 0 spiro atoms. The summed E-state index contributed by atoms with van der Waals surface area (Å²) in [7, 11) is -1.76. The Hall–Kier alpha value is -2.55. The predicted molar refractivity (Wildman–Crippen MR) is 122 cm³/mol. The van der Waals surface area contributed by atoms with Crippen molar-refractivity contribution in [2.45, 2.75) is 31.2 Å². The molecule has 1 aliphatic rings. The minimum absolute atomic E-state index is 0.0656. The maximum Gasteiger partial charge on any atom is 0.261 e. The van der Waals surface area contributed by atoms with E-state index in [1.54, 1.807) is 34.1 Å². The van der Waals surface area contributed by atoms with Gasteiger partial charge in [-0.3, -0.25) is 14.3 Å². The normalized spacial score (nSPS) is 17.1. The van der Waals surface area contributed by atoms with Crippen molar-refractivity contribution < 1.29 is 8.42 Å². The Morgan fingerprint density at radius 3 is 2.29 bits per heavy atom. The summed E-state index contributed by atoms with van der Waals surface area (Å²) in [6.07, 6.45) is 0.877. The molecule has 31 heavy (non-hydrogen) atoms. The molecule has 1 fully saturated rings. The second-order valence-electron chi connectivity index (χ2n) is 7.96. The number of nitrogens with zero attached hydrogens (tertiary/aromatic N) is 4. The number of rotatable bonds is 5. The zero-order valence-corrected chi connectivity index (χ0v) is 19.0. The number of benzene rings is 2. The van der Waals surface area contributed by atoms with Crippen molar-refractivity contribution in [2.75, 3.05) is 26.2 Å². The third-order valence-corrected chi connectivity index (χ3v) is 8.09. The number of piperazine rings is 1. The van der Waals surface area contributed by atoms with Crippen LogP contribution in [0.4, 0.5) is 0 Å². The van der Waals surface area contributed by atoms with Gasteiger partial charge in [-0.05, 0) is 43.2 Å². The Kier molecular flexibility index (Phi) is 5.96. The molecule has 1 atom stereocenters. The summed E-state index contributed by atoms with van der Waals surface area (Å²) in [5.41, 5.74) is 1.74. The van der Waals surface area contributed by atoms with Crippen LogP contribution in [0.3, 0.4) is 0 Å². The van der Waals surface area contributed by atoms with E-state index >= 15 is 0 Å². The topological polar surface area (TPSA) is 75.5 Å². The van der Waals surface area contributed by atoms with E-state index in [1.165, 1.54) is 0 Å². The SMILES string of the molecule is CCc1ccc(S(=O)(=O)N2CCN(C(C)c3nc4ccccc4c(=O)n3C)CC2)cc1. The fraction of sp³-hybridized carbons (Fsp3) is 0.391. The van der Waals surface area contributed by atoms with Gasteiger partial charge in [0.05, 0.1) is 21.8 Å². The number of sulfonamides is 1. The molecule has 0 N–H and O–H groups in total. The molecule has 8 heteroatoms. The van der Waals surface area contributed by atoms with Crippen molar-refractivity contribution in [3.8, 4) is 0 Å². The summed E-state index contributed by atoms with van der Waals surface area (Å²) in [4.78, 5) is 20.0. The van der Waals surface area contributed by atoms with Crippen molar-refractivity contribution in [1.82, 2.24) is 18.8 Å². The van der Waals surface area contributed by atoms with Crippen molar-refractivity contribution in [2.24, 2.45) is 7.05 Å². The highest BCUT2D eigenvalue weighted by Gasteiger charge is 2.31. The monoisotopic (exact) mass is 440 g/mol. The average Bonchev–Trinajstić information content (AvgIpc) is 2.81. The lowest BCUT2D eigenvalue weighted by molar-refractivity contribution is 0.139. The smallest absolute Gasteiger partial charge is 0.261 e. The van der Waals surface area contributed by atoms with Crippen LogP contribution in [-0.2, 0) is 23.5 Å². The number of aryl methyl sites for hydroxylation is 1. The van der Waals surface area contributed by atoms with E-state index in [4.69, 9.17) is 4.98 Å². The number of hydrogen-bond acceptors (Lipinski definition) is 5. The minimum atomic E-state index is -3.51. The molecule has 0 amide bonds. The summed E-state index contributed by atoms with van der Waals surface area (Å²) >= 11 is 0. The zero-order valence-electron chi connectivity index (χ0n) is 18.2. The van der Waals surface area contributed by atoms with Crippen LogP contribution < -0.4 is 5.56 Å². The largest absolute Gasteiger partial charge is 0.298 e. The number of hydrogen-bond donors (Lipinski definition) is 0. The van der Waals surface area contributed by atoms with Gasteiger partial charge >= 0.3 is 0 Å². The molecule has 164 valence electrons. The number of aromatic nitrogens is 2. The van der Waals surface area contributed by atoms with E-state index in [-0.39, 0.29) is 11.6 Å². The van der Waals surface area contributed by atoms with Crippen molar-refractivity contribution >= 4 is 20.9 Å². The highest BCUT2D eigenvalue weighted by atomic mass is 32.2. The second-order valence-corrected chi connectivity index (χ2v) is 9.90. The van der Waals surface area contributed by atoms with Crippen molar-refractivity contribution in [1.29, 1.82) is 0 Å². The molecule has 2 aromatic carbocycles. The molecule has 0 radical (unpaired) electrons. The molecule has 0 aliphatic carbocycles. The van der Waals surface area contributed by atoms with E-state index in [9.17, 15) is 13.2 Å². The van der Waals surface area contributed by atoms with Crippen LogP contribution in [0, 0.1) is 0 Å². The van der Waals surface area contributed by atoms with Crippen LogP contribution in [0.15, 0.2) is 58.2 Å². The van der Waals surface area contributed by atoms with Gasteiger partial charge in [0.1, 0.15) is 5.82 Å². The van der Waals surface area contributed by atoms with Crippen LogP contribution in [0.2, 0.25) is 0 Å². The lowest BCUT2D eigenvalue weighted by Gasteiger charge is -2.37. The van der Waals surface area contributed by atoms with E-state index in [0.29, 0.717) is 47.8 Å². The molecule has 0 saturated carbocycles. The summed E-state index contributed by atoms with van der Waals surface area (Å²) < 4.78 is 29.2. The van der Waals surface area contributed by atoms with Crippen molar-refractivity contribution in [3.63, 3.8) is 0 Å². The highest BCUT2D eigenvalue weighted by molar-refractivity contribution is 7.89. The average molecular weight is 441 g/mol. The Bertz CT molecular complexity index is 1240. The molecule has 2 heterocycles. The van der Waals surface area contributed by atoms with E-state index < -0.39 is 10.0 Å². The molecule has 1 aromatic heterocycles. The van der Waals surface area contributed by atoms with Crippen LogP contribution in [-0.4, -0.2) is 53.4 Å². The lowest BCUT2D eigenvalue weighted by atomic mass is 10.2. The maximum atomic E-state index is 13.0. The first-order valence-corrected chi connectivity index (χ1v) is 12.1. The van der Waals surface area contributed by atoms with Crippen molar-refractivity contribution in [3.05, 3.63) is 70.3 Å². The number of fused-ring (bicyclic) bond motifs is 1. The fourth-order valence-corrected chi connectivity index (χ4v) is 5.57. The third-order valence-electron chi connectivity index (χ3n) is 6.18. The van der Waals surface area contributed by atoms with Gasteiger partial charge in [0, 0.05) is 33.2 Å². The molecular formula is C23H28N4O3S. The van der Waals surface area contributed by atoms with Crippen LogP contribution in [0.1, 0.15) is 31.3 Å². The molecule has 4 rings (SSSR count). The Morgan fingerprint density at radius 1 is 1.00 bits per heavy atom. The summed E-state index contributed by atoms with van der Waals surface area (Å²) in [6.45, 7) is 6.04. The van der Waals surface area contributed by atoms with Gasteiger partial charge in [0.15, 0.2) is 0 Å². The van der Waals surface area contributed by atoms with Crippen LogP contribution >= 0.6 is 0 Å². The van der Waals surface area contributed by atoms with Gasteiger partial charge in [-0.1, -0.05) is 31.2 Å². The Morgan fingerprint density at radius 2 is 1.65 bits per heavy atom. The van der Waals surface area contributed by atoms with E-state index in [0.717, 1.165) is 12.0 Å². The number of para-hydroxylation sites is 1. The van der Waals surface area contributed by atoms with Gasteiger partial charge in [-0.15, -0.1) is 0 Å². The summed E-state index contributed by atoms with van der Waals surface area (Å²) in [5, 5.41) is 0.603. The first kappa shape index (κ1) is 21.7. The van der Waals surface area contributed by atoms with Crippen LogP contribution in [0.25, 0.3) is 10.9 Å². The van der Waals surface area contributed by atoms with Gasteiger partial charge in [-0.25, -0.2) is 13.4 Å². The highest BCUT2D eigenvalue weighted by Crippen LogP contribution is 2.24. The maximum absolute atomic E-state index is 13.0. The molecule has 0 bridgehead atoms. The van der Waals surface area contributed by atoms with Gasteiger partial charge in [0.25, 0.3) is 5.56 Å². The zero-order chi connectivity index (χ0) is 22.2. The predicted octanol–water partition coefficient (Wildman–Crippen LogP) is 2.56. The molecule has 1 saturated heterocycles. The molecule has 3 aromatic rings. The summed E-state index contributed by atoms with van der Waals surface area (Å²) in [6, 6.07) is 14.4. The van der Waals surface area contributed by atoms with E-state index in [2.05, 4.69) is 4.90 Å². The molecule has 1 aliphatic heterocycles. The van der Waals surface area contributed by atoms with Gasteiger partial charge in [-0.2, -0.15) is 4.31 Å². The quantitative estimate of drug-likeness (QED) is 0.610. The Labute approximate surface area is 183 Å². The first-order chi connectivity index (χ1) is 14.8. The molecule has 7 nitrogen and oxygen atoms in total. The second kappa shape index (κ2) is 8.53. The van der Waals surface area contributed by atoms with Gasteiger partial charge in [0.2, 0.25) is 10.0 Å². The fourth-order valence-electron chi connectivity index (χ4n) is 4.15.